The Morgan fingerprint density at radius 3 is 2.65 bits per heavy atom. The molecule has 0 saturated carbocycles. The molecule has 0 aliphatic carbocycles. The molecule has 5 nitrogen and oxygen atoms in total. The van der Waals surface area contributed by atoms with E-state index in [-0.39, 0.29) is 24.4 Å². The molecule has 1 aliphatic rings. The first-order chi connectivity index (χ1) is 8.93. The summed E-state index contributed by atoms with van der Waals surface area (Å²) < 4.78 is 1.80. The molecule has 2 heterocycles. The van der Waals surface area contributed by atoms with Crippen molar-refractivity contribution in [3.05, 3.63) is 17.5 Å². The Morgan fingerprint density at radius 2 is 2.20 bits per heavy atom. The molecule has 114 valence electrons. The lowest BCUT2D eigenvalue weighted by atomic mass is 10.1. The van der Waals surface area contributed by atoms with Gasteiger partial charge in [-0.25, -0.2) is 0 Å². The Bertz CT molecular complexity index is 472. The normalized spacial score (nSPS) is 22.2. The molecule has 0 radical (unpaired) electrons. The van der Waals surface area contributed by atoms with Crippen LogP contribution in [0.4, 0.5) is 0 Å². The van der Waals surface area contributed by atoms with Gasteiger partial charge in [0.05, 0.1) is 0 Å². The SMILES string of the molecule is CC(C)c1cc(C(=O)N2CC(CN)CC2C)nn1C.Cl. The number of hydrogen-bond acceptors (Lipinski definition) is 3. The highest BCUT2D eigenvalue weighted by atomic mass is 35.5. The number of aromatic nitrogens is 2. The maximum atomic E-state index is 12.5. The average molecular weight is 301 g/mol. The first kappa shape index (κ1) is 17.0. The lowest BCUT2D eigenvalue weighted by molar-refractivity contribution is 0.0736. The third kappa shape index (κ3) is 3.15. The van der Waals surface area contributed by atoms with Crippen LogP contribution in [0.3, 0.4) is 0 Å². The van der Waals surface area contributed by atoms with E-state index in [9.17, 15) is 4.79 Å². The number of likely N-dealkylation sites (tertiary alicyclic amines) is 1. The van der Waals surface area contributed by atoms with E-state index in [1.165, 1.54) is 0 Å². The number of nitrogens with zero attached hydrogens (tertiary/aromatic N) is 3. The number of nitrogens with two attached hydrogens (primary N) is 1. The van der Waals surface area contributed by atoms with Crippen molar-refractivity contribution in [3.63, 3.8) is 0 Å². The predicted octanol–water partition coefficient (Wildman–Crippen LogP) is 1.77. The maximum Gasteiger partial charge on any atom is 0.274 e. The minimum Gasteiger partial charge on any atom is -0.334 e. The van der Waals surface area contributed by atoms with E-state index >= 15 is 0 Å². The highest BCUT2D eigenvalue weighted by molar-refractivity contribution is 5.92. The van der Waals surface area contributed by atoms with Gasteiger partial charge in [0.2, 0.25) is 0 Å². The number of hydrogen-bond donors (Lipinski definition) is 1. The Labute approximate surface area is 126 Å². The van der Waals surface area contributed by atoms with Crippen LogP contribution in [0.25, 0.3) is 0 Å². The van der Waals surface area contributed by atoms with Crippen molar-refractivity contribution in [2.24, 2.45) is 18.7 Å². The molecule has 2 atom stereocenters. The summed E-state index contributed by atoms with van der Waals surface area (Å²) in [5.74, 6) is 0.824. The van der Waals surface area contributed by atoms with Gasteiger partial charge in [0, 0.05) is 25.3 Å². The maximum absolute atomic E-state index is 12.5. The first-order valence-electron chi connectivity index (χ1n) is 6.99. The van der Waals surface area contributed by atoms with Crippen LogP contribution < -0.4 is 5.73 Å². The molecule has 6 heteroatoms. The van der Waals surface area contributed by atoms with Gasteiger partial charge in [-0.05, 0) is 37.8 Å². The number of halogens is 1. The van der Waals surface area contributed by atoms with Gasteiger partial charge < -0.3 is 10.6 Å². The largest absolute Gasteiger partial charge is 0.334 e. The van der Waals surface area contributed by atoms with Crippen molar-refractivity contribution in [1.29, 1.82) is 0 Å². The monoisotopic (exact) mass is 300 g/mol. The van der Waals surface area contributed by atoms with Gasteiger partial charge in [-0.15, -0.1) is 12.4 Å². The average Bonchev–Trinajstić information content (AvgIpc) is 2.91. The van der Waals surface area contributed by atoms with Gasteiger partial charge in [0.25, 0.3) is 5.91 Å². The first-order valence-corrected chi connectivity index (χ1v) is 6.99. The number of amides is 1. The van der Waals surface area contributed by atoms with Crippen LogP contribution in [-0.2, 0) is 7.05 Å². The zero-order valence-electron chi connectivity index (χ0n) is 12.7. The molecule has 1 aliphatic heterocycles. The second kappa shape index (κ2) is 6.59. The van der Waals surface area contributed by atoms with E-state index in [4.69, 9.17) is 5.73 Å². The molecule has 20 heavy (non-hydrogen) atoms. The minimum absolute atomic E-state index is 0. The van der Waals surface area contributed by atoms with Crippen LogP contribution in [-0.4, -0.2) is 39.7 Å². The Kier molecular flexibility index (Phi) is 5.59. The van der Waals surface area contributed by atoms with E-state index in [0.717, 1.165) is 18.7 Å². The van der Waals surface area contributed by atoms with Gasteiger partial charge in [-0.3, -0.25) is 9.48 Å². The minimum atomic E-state index is 0. The van der Waals surface area contributed by atoms with E-state index < -0.39 is 0 Å². The quantitative estimate of drug-likeness (QED) is 0.925. The second-order valence-corrected chi connectivity index (χ2v) is 5.88. The highest BCUT2D eigenvalue weighted by Gasteiger charge is 2.33. The van der Waals surface area contributed by atoms with Crippen LogP contribution in [0.2, 0.25) is 0 Å². The van der Waals surface area contributed by atoms with Crippen LogP contribution in [0, 0.1) is 5.92 Å². The van der Waals surface area contributed by atoms with Crippen LogP contribution >= 0.6 is 12.4 Å². The van der Waals surface area contributed by atoms with E-state index in [1.807, 2.05) is 18.0 Å². The molecule has 1 saturated heterocycles. The third-order valence-electron chi connectivity index (χ3n) is 3.98. The van der Waals surface area contributed by atoms with Crippen molar-refractivity contribution in [2.45, 2.75) is 39.2 Å². The van der Waals surface area contributed by atoms with E-state index in [0.29, 0.717) is 24.1 Å². The summed E-state index contributed by atoms with van der Waals surface area (Å²) in [5.41, 5.74) is 7.35. The van der Waals surface area contributed by atoms with Crippen molar-refractivity contribution in [1.82, 2.24) is 14.7 Å². The molecule has 0 spiro atoms. The summed E-state index contributed by atoms with van der Waals surface area (Å²) in [6, 6.07) is 2.17. The Hall–Kier alpha value is -1.07. The fourth-order valence-electron chi connectivity index (χ4n) is 2.87. The lowest BCUT2D eigenvalue weighted by Crippen LogP contribution is -2.34. The Balaban J connectivity index is 0.00000200. The summed E-state index contributed by atoms with van der Waals surface area (Å²) in [6.45, 7) is 7.69. The van der Waals surface area contributed by atoms with Crippen molar-refractivity contribution >= 4 is 18.3 Å². The molecule has 0 bridgehead atoms. The van der Waals surface area contributed by atoms with E-state index in [2.05, 4.69) is 25.9 Å². The molecule has 1 amide bonds. The molecule has 1 fully saturated rings. The molecule has 2 N–H and O–H groups in total. The summed E-state index contributed by atoms with van der Waals surface area (Å²) in [7, 11) is 1.89. The molecular formula is C14H25ClN4O. The second-order valence-electron chi connectivity index (χ2n) is 5.88. The van der Waals surface area contributed by atoms with Gasteiger partial charge in [-0.2, -0.15) is 5.10 Å². The molecule has 2 unspecified atom stereocenters. The van der Waals surface area contributed by atoms with Crippen LogP contribution in [0.5, 0.6) is 0 Å². The Morgan fingerprint density at radius 1 is 1.55 bits per heavy atom. The van der Waals surface area contributed by atoms with Crippen molar-refractivity contribution in [3.8, 4) is 0 Å². The van der Waals surface area contributed by atoms with Gasteiger partial charge in [0.1, 0.15) is 0 Å². The smallest absolute Gasteiger partial charge is 0.274 e. The lowest BCUT2D eigenvalue weighted by Gasteiger charge is -2.20. The summed E-state index contributed by atoms with van der Waals surface area (Å²) >= 11 is 0. The zero-order valence-corrected chi connectivity index (χ0v) is 13.5. The third-order valence-corrected chi connectivity index (χ3v) is 3.98. The predicted molar refractivity (Wildman–Crippen MR) is 82.2 cm³/mol. The topological polar surface area (TPSA) is 64.2 Å². The molecule has 1 aromatic heterocycles. The standard InChI is InChI=1S/C14H24N4O.ClH/c1-9(2)13-6-12(16-17(13)4)14(19)18-8-11(7-15)5-10(18)3;/h6,9-11H,5,7-8,15H2,1-4H3;1H. The van der Waals surface area contributed by atoms with Crippen molar-refractivity contribution in [2.75, 3.05) is 13.1 Å². The molecule has 2 rings (SSSR count). The number of carbonyl (C=O) groups is 1. The summed E-state index contributed by atoms with van der Waals surface area (Å²) in [6.07, 6.45) is 0.992. The molecule has 0 aromatic carbocycles. The zero-order chi connectivity index (χ0) is 14.2. The number of carbonyl (C=O) groups excluding carboxylic acids is 1. The summed E-state index contributed by atoms with van der Waals surface area (Å²) in [5, 5.41) is 4.36. The van der Waals surface area contributed by atoms with Gasteiger partial charge >= 0.3 is 0 Å². The number of aryl methyl sites for hydroxylation is 1. The van der Waals surface area contributed by atoms with Crippen molar-refractivity contribution < 1.29 is 4.79 Å². The van der Waals surface area contributed by atoms with Crippen LogP contribution in [0.1, 0.15) is 49.3 Å². The highest BCUT2D eigenvalue weighted by Crippen LogP contribution is 2.24. The molecular weight excluding hydrogens is 276 g/mol. The fourth-order valence-corrected chi connectivity index (χ4v) is 2.87. The van der Waals surface area contributed by atoms with Gasteiger partial charge in [-0.1, -0.05) is 13.8 Å². The van der Waals surface area contributed by atoms with Gasteiger partial charge in [0.15, 0.2) is 5.69 Å². The molecule has 1 aromatic rings. The summed E-state index contributed by atoms with van der Waals surface area (Å²) in [4.78, 5) is 14.4. The van der Waals surface area contributed by atoms with Crippen LogP contribution in [0.15, 0.2) is 6.07 Å². The fraction of sp³-hybridized carbons (Fsp3) is 0.714. The van der Waals surface area contributed by atoms with E-state index in [1.54, 1.807) is 4.68 Å². The number of rotatable bonds is 3.